The van der Waals surface area contributed by atoms with Crippen LogP contribution in [0, 0.1) is 0 Å². The molecule has 5 heteroatoms. The summed E-state index contributed by atoms with van der Waals surface area (Å²) in [4.78, 5) is 13.0. The highest BCUT2D eigenvalue weighted by molar-refractivity contribution is 5.77. The number of benzene rings is 1. The third-order valence-electron chi connectivity index (χ3n) is 3.27. The largest absolute Gasteiger partial charge is 0.480 e. The van der Waals surface area contributed by atoms with Crippen molar-refractivity contribution in [1.29, 1.82) is 0 Å². The summed E-state index contributed by atoms with van der Waals surface area (Å²) in [6, 6.07) is 6.09. The summed E-state index contributed by atoms with van der Waals surface area (Å²) in [5.41, 5.74) is -0.383. The van der Waals surface area contributed by atoms with Gasteiger partial charge in [0.25, 0.3) is 6.43 Å². The van der Waals surface area contributed by atoms with Gasteiger partial charge in [-0.3, -0.25) is 9.69 Å². The van der Waals surface area contributed by atoms with E-state index in [-0.39, 0.29) is 5.56 Å². The SMILES string of the molecule is CCN(Cc1cccc(C(F)F)c1)C(C)(C)C(=O)O. The van der Waals surface area contributed by atoms with Crippen molar-refractivity contribution >= 4 is 5.97 Å². The van der Waals surface area contributed by atoms with Crippen LogP contribution in [0.15, 0.2) is 24.3 Å². The normalized spacial score (nSPS) is 12.2. The lowest BCUT2D eigenvalue weighted by molar-refractivity contribution is -0.149. The lowest BCUT2D eigenvalue weighted by atomic mass is 10.0. The Morgan fingerprint density at radius 1 is 1.42 bits per heavy atom. The second-order valence-corrected chi connectivity index (χ2v) is 4.92. The van der Waals surface area contributed by atoms with Gasteiger partial charge in [-0.15, -0.1) is 0 Å². The molecule has 1 aromatic rings. The molecule has 106 valence electrons. The molecule has 0 bridgehead atoms. The fourth-order valence-corrected chi connectivity index (χ4v) is 1.89. The van der Waals surface area contributed by atoms with E-state index in [4.69, 9.17) is 0 Å². The van der Waals surface area contributed by atoms with Crippen molar-refractivity contribution in [2.75, 3.05) is 6.54 Å². The summed E-state index contributed by atoms with van der Waals surface area (Å²) in [6.07, 6.45) is -2.51. The third-order valence-corrected chi connectivity index (χ3v) is 3.27. The zero-order valence-corrected chi connectivity index (χ0v) is 11.4. The highest BCUT2D eigenvalue weighted by Crippen LogP contribution is 2.22. The molecule has 0 atom stereocenters. The smallest absolute Gasteiger partial charge is 0.323 e. The maximum absolute atomic E-state index is 12.6. The van der Waals surface area contributed by atoms with Crippen molar-refractivity contribution < 1.29 is 18.7 Å². The van der Waals surface area contributed by atoms with Gasteiger partial charge in [-0.05, 0) is 32.0 Å². The molecule has 0 saturated carbocycles. The van der Waals surface area contributed by atoms with Crippen LogP contribution in [0.4, 0.5) is 8.78 Å². The van der Waals surface area contributed by atoms with E-state index in [2.05, 4.69) is 0 Å². The van der Waals surface area contributed by atoms with E-state index in [1.807, 2.05) is 6.92 Å². The molecule has 0 aliphatic heterocycles. The third kappa shape index (κ3) is 3.73. The monoisotopic (exact) mass is 271 g/mol. The molecule has 0 fully saturated rings. The van der Waals surface area contributed by atoms with Crippen molar-refractivity contribution in [3.63, 3.8) is 0 Å². The van der Waals surface area contributed by atoms with Gasteiger partial charge in [0.05, 0.1) is 0 Å². The quantitative estimate of drug-likeness (QED) is 0.863. The lowest BCUT2D eigenvalue weighted by Crippen LogP contribution is -2.49. The Balaban J connectivity index is 2.93. The molecular weight excluding hydrogens is 252 g/mol. The predicted molar refractivity (Wildman–Crippen MR) is 69.2 cm³/mol. The minimum atomic E-state index is -2.51. The molecular formula is C14H19F2NO2. The van der Waals surface area contributed by atoms with Crippen LogP contribution >= 0.6 is 0 Å². The first kappa shape index (κ1) is 15.6. The summed E-state index contributed by atoms with van der Waals surface area (Å²) in [7, 11) is 0. The van der Waals surface area contributed by atoms with Crippen LogP contribution < -0.4 is 0 Å². The van der Waals surface area contributed by atoms with Gasteiger partial charge >= 0.3 is 5.97 Å². The number of halogens is 2. The zero-order chi connectivity index (χ0) is 14.6. The molecule has 0 aromatic heterocycles. The van der Waals surface area contributed by atoms with E-state index < -0.39 is 17.9 Å². The molecule has 1 aromatic carbocycles. The highest BCUT2D eigenvalue weighted by Gasteiger charge is 2.33. The van der Waals surface area contributed by atoms with Crippen LogP contribution in [0.2, 0.25) is 0 Å². The number of carbonyl (C=O) groups is 1. The molecule has 19 heavy (non-hydrogen) atoms. The van der Waals surface area contributed by atoms with Crippen molar-refractivity contribution in [1.82, 2.24) is 4.90 Å². The Bertz CT molecular complexity index is 447. The summed E-state index contributed by atoms with van der Waals surface area (Å²) in [5.74, 6) is -0.931. The van der Waals surface area contributed by atoms with Crippen LogP contribution in [0.5, 0.6) is 0 Å². The van der Waals surface area contributed by atoms with E-state index in [9.17, 15) is 18.7 Å². The van der Waals surface area contributed by atoms with Gasteiger partial charge in [-0.25, -0.2) is 8.78 Å². The van der Waals surface area contributed by atoms with Gasteiger partial charge in [0.2, 0.25) is 0 Å². The summed E-state index contributed by atoms with van der Waals surface area (Å²) in [5, 5.41) is 9.20. The fraction of sp³-hybridized carbons (Fsp3) is 0.500. The summed E-state index contributed by atoms with van der Waals surface area (Å²) >= 11 is 0. The van der Waals surface area contributed by atoms with E-state index in [1.54, 1.807) is 30.9 Å². The molecule has 0 heterocycles. The van der Waals surface area contributed by atoms with E-state index in [1.165, 1.54) is 12.1 Å². The number of hydrogen-bond acceptors (Lipinski definition) is 2. The van der Waals surface area contributed by atoms with Gasteiger partial charge in [0.1, 0.15) is 5.54 Å². The fourth-order valence-electron chi connectivity index (χ4n) is 1.89. The Morgan fingerprint density at radius 2 is 2.05 bits per heavy atom. The van der Waals surface area contributed by atoms with Crippen LogP contribution in [0.1, 0.15) is 38.3 Å². The number of carboxylic acid groups (broad SMARTS) is 1. The maximum atomic E-state index is 12.6. The van der Waals surface area contributed by atoms with Gasteiger partial charge in [0.15, 0.2) is 0 Å². The van der Waals surface area contributed by atoms with Gasteiger partial charge in [-0.2, -0.15) is 0 Å². The first-order valence-corrected chi connectivity index (χ1v) is 6.14. The van der Waals surface area contributed by atoms with E-state index in [0.29, 0.717) is 18.7 Å². The van der Waals surface area contributed by atoms with Crippen molar-refractivity contribution in [3.8, 4) is 0 Å². The standard InChI is InChI=1S/C14H19F2NO2/c1-4-17(14(2,3)13(18)19)9-10-6-5-7-11(8-10)12(15)16/h5-8,12H,4,9H2,1-3H3,(H,18,19). The van der Waals surface area contributed by atoms with E-state index >= 15 is 0 Å². The Hall–Kier alpha value is -1.49. The van der Waals surface area contributed by atoms with Gasteiger partial charge < -0.3 is 5.11 Å². The van der Waals surface area contributed by atoms with Crippen LogP contribution in [0.25, 0.3) is 0 Å². The van der Waals surface area contributed by atoms with Crippen LogP contribution in [0.3, 0.4) is 0 Å². The van der Waals surface area contributed by atoms with Crippen LogP contribution in [-0.2, 0) is 11.3 Å². The first-order valence-electron chi connectivity index (χ1n) is 6.14. The molecule has 0 saturated heterocycles. The van der Waals surface area contributed by atoms with Crippen molar-refractivity contribution in [2.45, 2.75) is 39.3 Å². The minimum absolute atomic E-state index is 0.0401. The lowest BCUT2D eigenvalue weighted by Gasteiger charge is -2.34. The molecule has 0 amide bonds. The zero-order valence-electron chi connectivity index (χ0n) is 11.4. The first-order chi connectivity index (χ1) is 8.78. The Morgan fingerprint density at radius 3 is 2.53 bits per heavy atom. The number of likely N-dealkylation sites (N-methyl/N-ethyl adjacent to an activating group) is 1. The van der Waals surface area contributed by atoms with Crippen molar-refractivity contribution in [3.05, 3.63) is 35.4 Å². The van der Waals surface area contributed by atoms with Gasteiger partial charge in [0, 0.05) is 12.1 Å². The topological polar surface area (TPSA) is 40.5 Å². The molecule has 1 rings (SSSR count). The molecule has 0 radical (unpaired) electrons. The molecule has 0 unspecified atom stereocenters. The Kier molecular flexibility index (Phi) is 5.00. The predicted octanol–water partition coefficient (Wildman–Crippen LogP) is 3.31. The second kappa shape index (κ2) is 6.10. The summed E-state index contributed by atoms with van der Waals surface area (Å²) in [6.45, 7) is 5.92. The average Bonchev–Trinajstić information content (AvgIpc) is 2.35. The maximum Gasteiger partial charge on any atom is 0.323 e. The van der Waals surface area contributed by atoms with Crippen LogP contribution in [-0.4, -0.2) is 28.1 Å². The average molecular weight is 271 g/mol. The molecule has 3 nitrogen and oxygen atoms in total. The molecule has 0 aliphatic rings. The molecule has 0 aliphatic carbocycles. The highest BCUT2D eigenvalue weighted by atomic mass is 19.3. The number of nitrogens with zero attached hydrogens (tertiary/aromatic N) is 1. The number of carboxylic acids is 1. The second-order valence-electron chi connectivity index (χ2n) is 4.92. The van der Waals surface area contributed by atoms with E-state index in [0.717, 1.165) is 0 Å². The number of hydrogen-bond donors (Lipinski definition) is 1. The van der Waals surface area contributed by atoms with Gasteiger partial charge in [-0.1, -0.05) is 25.1 Å². The Labute approximate surface area is 111 Å². The number of aliphatic carboxylic acids is 1. The number of alkyl halides is 2. The summed E-state index contributed by atoms with van der Waals surface area (Å²) < 4.78 is 25.2. The number of rotatable bonds is 6. The molecule has 0 spiro atoms. The molecule has 1 N–H and O–H groups in total. The minimum Gasteiger partial charge on any atom is -0.480 e. The van der Waals surface area contributed by atoms with Crippen molar-refractivity contribution in [2.24, 2.45) is 0 Å².